The summed E-state index contributed by atoms with van der Waals surface area (Å²) in [6.07, 6.45) is 0. The molecule has 5 heteroatoms. The number of aromatic carboxylic acids is 1. The van der Waals surface area contributed by atoms with Crippen molar-refractivity contribution in [3.05, 3.63) is 47.9 Å². The lowest BCUT2D eigenvalue weighted by Gasteiger charge is -1.95. The summed E-state index contributed by atoms with van der Waals surface area (Å²) in [4.78, 5) is 13.5. The van der Waals surface area contributed by atoms with Gasteiger partial charge in [-0.1, -0.05) is 0 Å². The molecule has 90 valence electrons. The number of aromatic nitrogens is 1. The van der Waals surface area contributed by atoms with E-state index >= 15 is 0 Å². The zero-order valence-electron chi connectivity index (χ0n) is 9.11. The van der Waals surface area contributed by atoms with Crippen LogP contribution in [0.1, 0.15) is 10.5 Å². The van der Waals surface area contributed by atoms with E-state index in [-0.39, 0.29) is 11.5 Å². The largest absolute Gasteiger partial charge is 0.477 e. The first-order valence-corrected chi connectivity index (χ1v) is 5.25. The number of hydrogen-bond donors (Lipinski definition) is 2. The van der Waals surface area contributed by atoms with Crippen molar-refractivity contribution in [3.8, 4) is 11.3 Å². The molecule has 2 heterocycles. The summed E-state index contributed by atoms with van der Waals surface area (Å²) >= 11 is 0. The molecule has 18 heavy (non-hydrogen) atoms. The quantitative estimate of drug-likeness (QED) is 0.728. The molecule has 0 spiro atoms. The molecule has 0 bridgehead atoms. The molecule has 3 rings (SSSR count). The highest BCUT2D eigenvalue weighted by Crippen LogP contribution is 2.28. The standard InChI is InChI=1S/C13H8FNO3/c14-8-3-1-7(2-4-8)11-5-9-12(18-11)6-10(15-9)13(16)17/h1-6,15H,(H,16,17). The molecule has 0 amide bonds. The summed E-state index contributed by atoms with van der Waals surface area (Å²) in [5.74, 6) is -0.790. The normalized spacial score (nSPS) is 10.9. The Labute approximate surface area is 101 Å². The van der Waals surface area contributed by atoms with Crippen molar-refractivity contribution in [2.45, 2.75) is 0 Å². The number of carboxylic acids is 1. The van der Waals surface area contributed by atoms with Crippen molar-refractivity contribution in [3.63, 3.8) is 0 Å². The Balaban J connectivity index is 2.06. The molecular weight excluding hydrogens is 237 g/mol. The van der Waals surface area contributed by atoms with Crippen molar-refractivity contribution in [1.82, 2.24) is 4.98 Å². The molecule has 0 unspecified atom stereocenters. The van der Waals surface area contributed by atoms with Gasteiger partial charge in [0, 0.05) is 17.7 Å². The maximum Gasteiger partial charge on any atom is 0.352 e. The molecule has 2 aromatic heterocycles. The Hall–Kier alpha value is -2.56. The molecule has 1 aromatic carbocycles. The Morgan fingerprint density at radius 3 is 2.56 bits per heavy atom. The van der Waals surface area contributed by atoms with Crippen LogP contribution in [0.3, 0.4) is 0 Å². The molecule has 0 saturated carbocycles. The number of carbonyl (C=O) groups is 1. The molecule has 4 nitrogen and oxygen atoms in total. The van der Waals surface area contributed by atoms with Crippen molar-refractivity contribution in [2.24, 2.45) is 0 Å². The summed E-state index contributed by atoms with van der Waals surface area (Å²) in [5.41, 5.74) is 1.88. The van der Waals surface area contributed by atoms with Crippen LogP contribution in [-0.2, 0) is 0 Å². The van der Waals surface area contributed by atoms with Gasteiger partial charge in [-0.05, 0) is 24.3 Å². The number of aromatic amines is 1. The van der Waals surface area contributed by atoms with Crippen LogP contribution in [0.2, 0.25) is 0 Å². The minimum Gasteiger partial charge on any atom is -0.477 e. The average molecular weight is 245 g/mol. The third kappa shape index (κ3) is 1.66. The number of hydrogen-bond acceptors (Lipinski definition) is 2. The smallest absolute Gasteiger partial charge is 0.352 e. The fourth-order valence-electron chi connectivity index (χ4n) is 1.79. The number of carboxylic acid groups (broad SMARTS) is 1. The van der Waals surface area contributed by atoms with Gasteiger partial charge in [0.1, 0.15) is 17.3 Å². The minimum absolute atomic E-state index is 0.0782. The van der Waals surface area contributed by atoms with Gasteiger partial charge in [0.05, 0.1) is 5.52 Å². The SMILES string of the molecule is O=C(O)c1cc2oc(-c3ccc(F)cc3)cc2[nH]1. The fraction of sp³-hybridized carbons (Fsp3) is 0. The summed E-state index contributed by atoms with van der Waals surface area (Å²) in [6.45, 7) is 0. The van der Waals surface area contributed by atoms with Gasteiger partial charge in [-0.2, -0.15) is 0 Å². The Morgan fingerprint density at radius 1 is 1.22 bits per heavy atom. The van der Waals surface area contributed by atoms with Crippen LogP contribution in [0.25, 0.3) is 22.4 Å². The Morgan fingerprint density at radius 2 is 1.94 bits per heavy atom. The third-order valence-corrected chi connectivity index (χ3v) is 2.66. The van der Waals surface area contributed by atoms with Gasteiger partial charge in [-0.15, -0.1) is 0 Å². The highest BCUT2D eigenvalue weighted by molar-refractivity contribution is 5.93. The Kier molecular flexibility index (Phi) is 2.19. The predicted octanol–water partition coefficient (Wildman–Crippen LogP) is 3.27. The van der Waals surface area contributed by atoms with Crippen molar-refractivity contribution < 1.29 is 18.7 Å². The first kappa shape index (κ1) is 10.6. The van der Waals surface area contributed by atoms with Gasteiger partial charge < -0.3 is 14.5 Å². The molecule has 0 atom stereocenters. The summed E-state index contributed by atoms with van der Waals surface area (Å²) in [7, 11) is 0. The summed E-state index contributed by atoms with van der Waals surface area (Å²) in [6, 6.07) is 9.00. The van der Waals surface area contributed by atoms with Gasteiger partial charge in [-0.3, -0.25) is 0 Å². The van der Waals surface area contributed by atoms with Crippen molar-refractivity contribution in [1.29, 1.82) is 0 Å². The molecule has 0 saturated heterocycles. The minimum atomic E-state index is -1.04. The first-order valence-electron chi connectivity index (χ1n) is 5.25. The number of H-pyrrole nitrogens is 1. The van der Waals surface area contributed by atoms with E-state index in [0.717, 1.165) is 5.56 Å². The van der Waals surface area contributed by atoms with Gasteiger partial charge in [-0.25, -0.2) is 9.18 Å². The van der Waals surface area contributed by atoms with E-state index in [9.17, 15) is 9.18 Å². The lowest BCUT2D eigenvalue weighted by atomic mass is 10.2. The zero-order chi connectivity index (χ0) is 12.7. The number of halogens is 1. The van der Waals surface area contributed by atoms with E-state index in [0.29, 0.717) is 16.9 Å². The average Bonchev–Trinajstić information content (AvgIpc) is 2.87. The predicted molar refractivity (Wildman–Crippen MR) is 62.9 cm³/mol. The molecule has 0 aliphatic rings. The van der Waals surface area contributed by atoms with Crippen LogP contribution in [0.15, 0.2) is 40.8 Å². The molecule has 3 aromatic rings. The molecule has 0 radical (unpaired) electrons. The van der Waals surface area contributed by atoms with E-state index in [2.05, 4.69) is 4.98 Å². The number of rotatable bonds is 2. The van der Waals surface area contributed by atoms with E-state index < -0.39 is 5.97 Å². The Bertz CT molecular complexity index is 693. The fourth-order valence-corrected chi connectivity index (χ4v) is 1.79. The van der Waals surface area contributed by atoms with Crippen LogP contribution in [0.5, 0.6) is 0 Å². The van der Waals surface area contributed by atoms with Gasteiger partial charge in [0.15, 0.2) is 5.58 Å². The van der Waals surface area contributed by atoms with E-state index in [1.165, 1.54) is 18.2 Å². The topological polar surface area (TPSA) is 66.2 Å². The van der Waals surface area contributed by atoms with Crippen LogP contribution in [0, 0.1) is 5.82 Å². The molecule has 0 fully saturated rings. The number of nitrogens with one attached hydrogen (secondary N) is 1. The lowest BCUT2D eigenvalue weighted by molar-refractivity contribution is 0.0691. The third-order valence-electron chi connectivity index (χ3n) is 2.66. The molecular formula is C13H8FNO3. The molecule has 0 aliphatic carbocycles. The second-order valence-corrected chi connectivity index (χ2v) is 3.88. The second-order valence-electron chi connectivity index (χ2n) is 3.88. The van der Waals surface area contributed by atoms with Crippen molar-refractivity contribution >= 4 is 17.1 Å². The summed E-state index contributed by atoms with van der Waals surface area (Å²) in [5, 5.41) is 8.81. The maximum absolute atomic E-state index is 12.8. The maximum atomic E-state index is 12.8. The summed E-state index contributed by atoms with van der Waals surface area (Å²) < 4.78 is 18.3. The second kappa shape index (κ2) is 3.73. The highest BCUT2D eigenvalue weighted by atomic mass is 19.1. The van der Waals surface area contributed by atoms with E-state index in [1.54, 1.807) is 18.2 Å². The van der Waals surface area contributed by atoms with Crippen molar-refractivity contribution in [2.75, 3.05) is 0 Å². The van der Waals surface area contributed by atoms with Crippen LogP contribution in [-0.4, -0.2) is 16.1 Å². The molecule has 0 aliphatic heterocycles. The van der Waals surface area contributed by atoms with Crippen LogP contribution < -0.4 is 0 Å². The lowest BCUT2D eigenvalue weighted by Crippen LogP contribution is -1.94. The molecule has 2 N–H and O–H groups in total. The van der Waals surface area contributed by atoms with E-state index in [1.807, 2.05) is 0 Å². The first-order chi connectivity index (χ1) is 8.63. The van der Waals surface area contributed by atoms with Gasteiger partial charge in [0.2, 0.25) is 0 Å². The monoisotopic (exact) mass is 245 g/mol. The number of furan rings is 1. The van der Waals surface area contributed by atoms with Crippen LogP contribution in [0.4, 0.5) is 4.39 Å². The van der Waals surface area contributed by atoms with Gasteiger partial charge >= 0.3 is 5.97 Å². The van der Waals surface area contributed by atoms with Crippen LogP contribution >= 0.6 is 0 Å². The number of benzene rings is 1. The van der Waals surface area contributed by atoms with Gasteiger partial charge in [0.25, 0.3) is 0 Å². The highest BCUT2D eigenvalue weighted by Gasteiger charge is 2.12. The van der Waals surface area contributed by atoms with E-state index in [4.69, 9.17) is 9.52 Å². The zero-order valence-corrected chi connectivity index (χ0v) is 9.11. The number of fused-ring (bicyclic) bond motifs is 1.